The van der Waals surface area contributed by atoms with Gasteiger partial charge >= 0.3 is 5.97 Å². The summed E-state index contributed by atoms with van der Waals surface area (Å²) in [7, 11) is 0. The first kappa shape index (κ1) is 17.7. The Labute approximate surface area is 139 Å². The Hall–Kier alpha value is -2.64. The lowest BCUT2D eigenvalue weighted by Gasteiger charge is -2.37. The van der Waals surface area contributed by atoms with Crippen LogP contribution in [-0.4, -0.2) is 45.9 Å². The van der Waals surface area contributed by atoms with E-state index in [1.807, 2.05) is 0 Å². The lowest BCUT2D eigenvalue weighted by atomic mass is 9.90. The van der Waals surface area contributed by atoms with Crippen LogP contribution in [0.3, 0.4) is 0 Å². The Morgan fingerprint density at radius 3 is 2.79 bits per heavy atom. The molecule has 8 heteroatoms. The maximum absolute atomic E-state index is 12.3. The average molecular weight is 335 g/mol. The number of rotatable bonds is 6. The van der Waals surface area contributed by atoms with E-state index in [9.17, 15) is 24.8 Å². The van der Waals surface area contributed by atoms with E-state index in [1.165, 1.54) is 6.07 Å². The zero-order valence-electron chi connectivity index (χ0n) is 13.5. The Morgan fingerprint density at radius 1 is 1.42 bits per heavy atom. The molecule has 2 atom stereocenters. The number of benzene rings is 1. The van der Waals surface area contributed by atoms with Crippen molar-refractivity contribution in [3.8, 4) is 0 Å². The molecule has 2 N–H and O–H groups in total. The third-order valence-corrected chi connectivity index (χ3v) is 4.38. The number of likely N-dealkylation sites (tertiary alicyclic amines) is 1. The molecule has 1 saturated heterocycles. The first-order valence-electron chi connectivity index (χ1n) is 7.91. The zero-order valence-corrected chi connectivity index (χ0v) is 13.5. The number of aliphatic carboxylic acids is 1. The normalized spacial score (nSPS) is 20.5. The number of hydrogen-bond acceptors (Lipinski definition) is 5. The van der Waals surface area contributed by atoms with Gasteiger partial charge < -0.3 is 15.3 Å². The fraction of sp³-hybridized carbons (Fsp3) is 0.500. The van der Waals surface area contributed by atoms with Crippen LogP contribution in [0.15, 0.2) is 24.3 Å². The van der Waals surface area contributed by atoms with Gasteiger partial charge in [0.05, 0.1) is 10.8 Å². The molecule has 1 aliphatic rings. The highest BCUT2D eigenvalue weighted by atomic mass is 16.6. The fourth-order valence-corrected chi connectivity index (χ4v) is 3.06. The maximum atomic E-state index is 12.3. The molecule has 0 bridgehead atoms. The third-order valence-electron chi connectivity index (χ3n) is 4.38. The van der Waals surface area contributed by atoms with Crippen LogP contribution in [-0.2, 0) is 9.59 Å². The molecular weight excluding hydrogens is 314 g/mol. The molecule has 1 amide bonds. The molecule has 1 aliphatic heterocycles. The molecule has 0 radical (unpaired) electrons. The molecule has 8 nitrogen and oxygen atoms in total. The minimum atomic E-state index is -0.877. The summed E-state index contributed by atoms with van der Waals surface area (Å²) in [5.74, 6) is -1.55. The molecule has 1 aromatic carbocycles. The Balaban J connectivity index is 1.92. The summed E-state index contributed by atoms with van der Waals surface area (Å²) in [6.07, 6.45) is 1.40. The number of carbonyl (C=O) groups is 2. The van der Waals surface area contributed by atoms with Crippen molar-refractivity contribution in [3.05, 3.63) is 34.4 Å². The maximum Gasteiger partial charge on any atom is 0.308 e. The number of amides is 1. The molecule has 0 aromatic heterocycles. The van der Waals surface area contributed by atoms with Crippen LogP contribution in [0.2, 0.25) is 0 Å². The number of carboxylic acids is 1. The van der Waals surface area contributed by atoms with Crippen molar-refractivity contribution in [1.82, 2.24) is 4.90 Å². The Bertz CT molecular complexity index is 634. The van der Waals surface area contributed by atoms with Crippen molar-refractivity contribution in [2.75, 3.05) is 18.4 Å². The van der Waals surface area contributed by atoms with Gasteiger partial charge in [0, 0.05) is 31.6 Å². The molecule has 0 spiro atoms. The predicted octanol–water partition coefficient (Wildman–Crippen LogP) is 2.11. The minimum Gasteiger partial charge on any atom is -0.481 e. The summed E-state index contributed by atoms with van der Waals surface area (Å²) in [6.45, 7) is 2.56. The lowest BCUT2D eigenvalue weighted by molar-refractivity contribution is -0.384. The van der Waals surface area contributed by atoms with Crippen LogP contribution < -0.4 is 5.32 Å². The van der Waals surface area contributed by atoms with Crippen LogP contribution in [0, 0.1) is 16.0 Å². The number of nitro benzene ring substituents is 1. The molecule has 0 saturated carbocycles. The van der Waals surface area contributed by atoms with Gasteiger partial charge in [-0.25, -0.2) is 0 Å². The fourth-order valence-electron chi connectivity index (χ4n) is 3.06. The Morgan fingerprint density at radius 2 is 2.12 bits per heavy atom. The zero-order chi connectivity index (χ0) is 17.7. The molecule has 0 aliphatic carbocycles. The first-order valence-corrected chi connectivity index (χ1v) is 7.91. The molecule has 24 heavy (non-hydrogen) atoms. The topological polar surface area (TPSA) is 113 Å². The van der Waals surface area contributed by atoms with Gasteiger partial charge in [-0.3, -0.25) is 19.7 Å². The van der Waals surface area contributed by atoms with Crippen LogP contribution >= 0.6 is 0 Å². The number of nitrogens with zero attached hydrogens (tertiary/aromatic N) is 2. The highest BCUT2D eigenvalue weighted by Crippen LogP contribution is 2.25. The van der Waals surface area contributed by atoms with Crippen LogP contribution in [0.4, 0.5) is 11.4 Å². The van der Waals surface area contributed by atoms with E-state index in [4.69, 9.17) is 0 Å². The van der Waals surface area contributed by atoms with Gasteiger partial charge in [0.1, 0.15) is 5.69 Å². The molecule has 1 fully saturated rings. The number of piperidine rings is 1. The van der Waals surface area contributed by atoms with Gasteiger partial charge in [0.2, 0.25) is 5.91 Å². The summed E-state index contributed by atoms with van der Waals surface area (Å²) < 4.78 is 0. The van der Waals surface area contributed by atoms with Gasteiger partial charge in [-0.05, 0) is 25.8 Å². The summed E-state index contributed by atoms with van der Waals surface area (Å²) >= 11 is 0. The number of para-hydroxylation sites is 2. The van der Waals surface area contributed by atoms with Crippen molar-refractivity contribution in [2.24, 2.45) is 5.92 Å². The summed E-state index contributed by atoms with van der Waals surface area (Å²) in [6, 6.07) is 5.91. The van der Waals surface area contributed by atoms with E-state index in [0.717, 1.165) is 0 Å². The van der Waals surface area contributed by atoms with Gasteiger partial charge in [-0.1, -0.05) is 12.1 Å². The average Bonchev–Trinajstić information content (AvgIpc) is 2.54. The monoisotopic (exact) mass is 335 g/mol. The molecule has 0 unspecified atom stereocenters. The number of nitro groups is 1. The SMILES string of the molecule is C[C@@H]1[C@H](C(=O)O)CCCN1C(=O)CCNc1ccccc1[N+](=O)[O-]. The quantitative estimate of drug-likeness (QED) is 0.608. The van der Waals surface area contributed by atoms with Gasteiger partial charge in [-0.2, -0.15) is 0 Å². The predicted molar refractivity (Wildman–Crippen MR) is 87.7 cm³/mol. The van der Waals surface area contributed by atoms with Crippen molar-refractivity contribution in [1.29, 1.82) is 0 Å². The second-order valence-electron chi connectivity index (χ2n) is 5.87. The second kappa shape index (κ2) is 7.76. The number of carbonyl (C=O) groups excluding carboxylic acids is 1. The summed E-state index contributed by atoms with van der Waals surface area (Å²) in [4.78, 5) is 35.6. The highest BCUT2D eigenvalue weighted by Gasteiger charge is 2.34. The number of hydrogen-bond donors (Lipinski definition) is 2. The van der Waals surface area contributed by atoms with Crippen molar-refractivity contribution >= 4 is 23.3 Å². The number of nitrogens with one attached hydrogen (secondary N) is 1. The molecular formula is C16H21N3O5. The van der Waals surface area contributed by atoms with E-state index >= 15 is 0 Å². The van der Waals surface area contributed by atoms with Gasteiger partial charge in [0.25, 0.3) is 5.69 Å². The van der Waals surface area contributed by atoms with Crippen molar-refractivity contribution in [2.45, 2.75) is 32.2 Å². The molecule has 130 valence electrons. The molecule has 1 aromatic rings. The summed E-state index contributed by atoms with van der Waals surface area (Å²) in [5.41, 5.74) is 0.327. The van der Waals surface area contributed by atoms with Crippen molar-refractivity contribution in [3.63, 3.8) is 0 Å². The standard InChI is InChI=1S/C16H21N3O5/c1-11-12(16(21)22)5-4-10-18(11)15(20)8-9-17-13-6-2-3-7-14(13)19(23)24/h2-3,6-7,11-12,17H,4-5,8-10H2,1H3,(H,21,22)/t11-,12-/m1/s1. The van der Waals surface area contributed by atoms with Crippen LogP contribution in [0.1, 0.15) is 26.2 Å². The number of anilines is 1. The largest absolute Gasteiger partial charge is 0.481 e. The van der Waals surface area contributed by atoms with E-state index in [-0.39, 0.29) is 30.6 Å². The van der Waals surface area contributed by atoms with E-state index in [0.29, 0.717) is 25.1 Å². The first-order chi connectivity index (χ1) is 11.4. The minimum absolute atomic E-state index is 0.0396. The van der Waals surface area contributed by atoms with E-state index in [2.05, 4.69) is 5.32 Å². The van der Waals surface area contributed by atoms with E-state index < -0.39 is 16.8 Å². The Kier molecular flexibility index (Phi) is 5.73. The molecule has 2 rings (SSSR count). The smallest absolute Gasteiger partial charge is 0.308 e. The second-order valence-corrected chi connectivity index (χ2v) is 5.87. The molecule has 1 heterocycles. The highest BCUT2D eigenvalue weighted by molar-refractivity contribution is 5.79. The third kappa shape index (κ3) is 4.01. The summed E-state index contributed by atoms with van der Waals surface area (Å²) in [5, 5.41) is 23.1. The van der Waals surface area contributed by atoms with Crippen molar-refractivity contribution < 1.29 is 19.6 Å². The van der Waals surface area contributed by atoms with E-state index in [1.54, 1.807) is 30.0 Å². The number of carboxylic acid groups (broad SMARTS) is 1. The lowest BCUT2D eigenvalue weighted by Crippen LogP contribution is -2.49. The van der Waals surface area contributed by atoms with Crippen LogP contribution in [0.5, 0.6) is 0 Å². The van der Waals surface area contributed by atoms with Gasteiger partial charge in [0.15, 0.2) is 0 Å². The van der Waals surface area contributed by atoms with Gasteiger partial charge in [-0.15, -0.1) is 0 Å². The van der Waals surface area contributed by atoms with Crippen LogP contribution in [0.25, 0.3) is 0 Å².